The van der Waals surface area contributed by atoms with Gasteiger partial charge in [0, 0.05) is 0 Å². The van der Waals surface area contributed by atoms with Gasteiger partial charge in [0.25, 0.3) is 0 Å². The third-order valence-corrected chi connectivity index (χ3v) is 3.72. The van der Waals surface area contributed by atoms with Gasteiger partial charge in [-0.2, -0.15) is 0 Å². The Bertz CT molecular complexity index is 494. The first-order valence-electron chi connectivity index (χ1n) is 9.09. The summed E-state index contributed by atoms with van der Waals surface area (Å²) in [4.78, 5) is 0. The number of ether oxygens (including phenoxy) is 2. The molecule has 0 saturated heterocycles. The minimum absolute atomic E-state index is 0.0901. The standard InChI is InChI=1S/C22H34O2/c1-7-20(16-19(6)11-8-10-17(2)3)14-15-21-12-9-13-22(24-21)23-18(4)5/h8-10,13-16,18-19,21-22H,2,7,11-12H2,1,3-6H3/b10-8+,15-14+,20-16-/t19-,21+,22?/m1/s1. The lowest BCUT2D eigenvalue weighted by Crippen LogP contribution is -2.27. The fourth-order valence-corrected chi connectivity index (χ4v) is 2.51. The summed E-state index contributed by atoms with van der Waals surface area (Å²) in [5.74, 6) is 0.518. The second-order valence-electron chi connectivity index (χ2n) is 6.81. The molecule has 0 aromatic heterocycles. The van der Waals surface area contributed by atoms with Crippen LogP contribution in [-0.4, -0.2) is 18.5 Å². The van der Waals surface area contributed by atoms with Crippen LogP contribution < -0.4 is 0 Å². The summed E-state index contributed by atoms with van der Waals surface area (Å²) in [5.41, 5.74) is 2.45. The lowest BCUT2D eigenvalue weighted by Gasteiger charge is -2.25. The minimum atomic E-state index is -0.228. The predicted molar refractivity (Wildman–Crippen MR) is 104 cm³/mol. The second-order valence-corrected chi connectivity index (χ2v) is 6.81. The maximum Gasteiger partial charge on any atom is 0.177 e. The molecule has 1 rings (SSSR count). The molecule has 1 heterocycles. The van der Waals surface area contributed by atoms with E-state index < -0.39 is 0 Å². The van der Waals surface area contributed by atoms with Gasteiger partial charge in [0.2, 0.25) is 0 Å². The Labute approximate surface area is 148 Å². The Kier molecular flexibility index (Phi) is 9.66. The largest absolute Gasteiger partial charge is 0.346 e. The van der Waals surface area contributed by atoms with Crippen molar-refractivity contribution in [1.82, 2.24) is 0 Å². The van der Waals surface area contributed by atoms with Crippen molar-refractivity contribution >= 4 is 0 Å². The molecule has 1 unspecified atom stereocenters. The normalized spacial score (nSPS) is 23.5. The summed E-state index contributed by atoms with van der Waals surface area (Å²) in [6.45, 7) is 14.4. The monoisotopic (exact) mass is 330 g/mol. The van der Waals surface area contributed by atoms with Gasteiger partial charge in [-0.25, -0.2) is 0 Å². The molecule has 2 heteroatoms. The predicted octanol–water partition coefficient (Wildman–Crippen LogP) is 6.13. The van der Waals surface area contributed by atoms with E-state index in [1.165, 1.54) is 5.57 Å². The van der Waals surface area contributed by atoms with Crippen molar-refractivity contribution in [2.75, 3.05) is 0 Å². The van der Waals surface area contributed by atoms with Crippen LogP contribution in [0.15, 0.2) is 60.3 Å². The molecule has 3 atom stereocenters. The molecule has 134 valence electrons. The van der Waals surface area contributed by atoms with Gasteiger partial charge in [0.1, 0.15) is 0 Å². The smallest absolute Gasteiger partial charge is 0.177 e. The first-order valence-corrected chi connectivity index (χ1v) is 9.09. The van der Waals surface area contributed by atoms with Gasteiger partial charge in [0.15, 0.2) is 6.29 Å². The van der Waals surface area contributed by atoms with Crippen molar-refractivity contribution in [3.63, 3.8) is 0 Å². The number of rotatable bonds is 9. The molecule has 1 aliphatic rings. The van der Waals surface area contributed by atoms with Gasteiger partial charge < -0.3 is 9.47 Å². The Morgan fingerprint density at radius 3 is 2.71 bits per heavy atom. The lowest BCUT2D eigenvalue weighted by atomic mass is 10.0. The van der Waals surface area contributed by atoms with Crippen LogP contribution in [0.4, 0.5) is 0 Å². The van der Waals surface area contributed by atoms with Crippen LogP contribution in [0.2, 0.25) is 0 Å². The Morgan fingerprint density at radius 2 is 2.08 bits per heavy atom. The lowest BCUT2D eigenvalue weighted by molar-refractivity contribution is -0.154. The molecular weight excluding hydrogens is 296 g/mol. The van der Waals surface area contributed by atoms with Crippen molar-refractivity contribution in [1.29, 1.82) is 0 Å². The third-order valence-electron chi connectivity index (χ3n) is 3.72. The number of hydrogen-bond donors (Lipinski definition) is 0. The van der Waals surface area contributed by atoms with Crippen molar-refractivity contribution < 1.29 is 9.47 Å². The van der Waals surface area contributed by atoms with Crippen LogP contribution in [-0.2, 0) is 9.47 Å². The zero-order chi connectivity index (χ0) is 17.9. The van der Waals surface area contributed by atoms with Gasteiger partial charge >= 0.3 is 0 Å². The molecule has 0 fully saturated rings. The maximum absolute atomic E-state index is 5.94. The third kappa shape index (κ3) is 9.05. The molecule has 0 bridgehead atoms. The van der Waals surface area contributed by atoms with Gasteiger partial charge in [-0.05, 0) is 52.0 Å². The van der Waals surface area contributed by atoms with Gasteiger partial charge in [-0.1, -0.05) is 68.0 Å². The van der Waals surface area contributed by atoms with Crippen LogP contribution in [0.5, 0.6) is 0 Å². The molecule has 0 N–H and O–H groups in total. The molecule has 2 nitrogen and oxygen atoms in total. The van der Waals surface area contributed by atoms with Crippen molar-refractivity contribution in [2.24, 2.45) is 5.92 Å². The van der Waals surface area contributed by atoms with Gasteiger partial charge in [-0.3, -0.25) is 0 Å². The molecule has 0 amide bonds. The van der Waals surface area contributed by atoms with Crippen LogP contribution in [0.1, 0.15) is 53.9 Å². The van der Waals surface area contributed by atoms with Crippen molar-refractivity contribution in [2.45, 2.75) is 72.4 Å². The number of allylic oxidation sites excluding steroid dienone is 6. The highest BCUT2D eigenvalue weighted by Crippen LogP contribution is 2.18. The van der Waals surface area contributed by atoms with E-state index in [0.717, 1.165) is 24.8 Å². The Balaban J connectivity index is 2.57. The molecule has 24 heavy (non-hydrogen) atoms. The van der Waals surface area contributed by atoms with Crippen molar-refractivity contribution in [3.8, 4) is 0 Å². The van der Waals surface area contributed by atoms with Crippen LogP contribution in [0.25, 0.3) is 0 Å². The summed E-state index contributed by atoms with van der Waals surface area (Å²) >= 11 is 0. The van der Waals surface area contributed by atoms with E-state index in [1.54, 1.807) is 0 Å². The maximum atomic E-state index is 5.94. The highest BCUT2D eigenvalue weighted by Gasteiger charge is 2.17. The Hall–Kier alpha value is -1.38. The Morgan fingerprint density at radius 1 is 1.33 bits per heavy atom. The second kappa shape index (κ2) is 11.2. The van der Waals surface area contributed by atoms with Crippen LogP contribution in [0.3, 0.4) is 0 Å². The molecule has 0 aromatic rings. The van der Waals surface area contributed by atoms with E-state index in [9.17, 15) is 0 Å². The fourth-order valence-electron chi connectivity index (χ4n) is 2.51. The molecule has 0 radical (unpaired) electrons. The highest BCUT2D eigenvalue weighted by molar-refractivity contribution is 5.21. The topological polar surface area (TPSA) is 18.5 Å². The van der Waals surface area contributed by atoms with Gasteiger partial charge in [0.05, 0.1) is 12.2 Å². The summed E-state index contributed by atoms with van der Waals surface area (Å²) in [5, 5.41) is 0. The SMILES string of the molecule is C=C(C)/C=C/C[C@@H](C)/C=C(\C=C\[C@@H]1CC=CC(OC(C)C)O1)CC. The zero-order valence-corrected chi connectivity index (χ0v) is 16.0. The van der Waals surface area contributed by atoms with Crippen molar-refractivity contribution in [3.05, 3.63) is 60.3 Å². The van der Waals surface area contributed by atoms with E-state index >= 15 is 0 Å². The van der Waals surface area contributed by atoms with E-state index in [4.69, 9.17) is 9.47 Å². The molecule has 0 saturated carbocycles. The average Bonchev–Trinajstić information content (AvgIpc) is 2.50. The first kappa shape index (κ1) is 20.7. The zero-order valence-electron chi connectivity index (χ0n) is 16.0. The first-order chi connectivity index (χ1) is 11.4. The molecule has 1 aliphatic heterocycles. The van der Waals surface area contributed by atoms with E-state index in [2.05, 4.69) is 56.9 Å². The fraction of sp³-hybridized carbons (Fsp3) is 0.545. The highest BCUT2D eigenvalue weighted by atomic mass is 16.7. The molecule has 0 aromatic carbocycles. The van der Waals surface area contributed by atoms with E-state index in [0.29, 0.717) is 5.92 Å². The molecule has 0 spiro atoms. The summed E-state index contributed by atoms with van der Waals surface area (Å²) in [7, 11) is 0. The van der Waals surface area contributed by atoms with Gasteiger partial charge in [-0.15, -0.1) is 0 Å². The quantitative estimate of drug-likeness (QED) is 0.374. The van der Waals surface area contributed by atoms with Crippen LogP contribution >= 0.6 is 0 Å². The van der Waals surface area contributed by atoms with E-state index in [1.807, 2.05) is 26.8 Å². The summed E-state index contributed by atoms with van der Waals surface area (Å²) in [6.07, 6.45) is 18.1. The molecule has 0 aliphatic carbocycles. The summed E-state index contributed by atoms with van der Waals surface area (Å²) < 4.78 is 11.7. The summed E-state index contributed by atoms with van der Waals surface area (Å²) in [6, 6.07) is 0. The average molecular weight is 331 g/mol. The number of hydrogen-bond acceptors (Lipinski definition) is 2. The molecular formula is C22H34O2. The van der Waals surface area contributed by atoms with Crippen LogP contribution in [0, 0.1) is 5.92 Å². The van der Waals surface area contributed by atoms with E-state index in [-0.39, 0.29) is 18.5 Å². The minimum Gasteiger partial charge on any atom is -0.346 e.